The highest BCUT2D eigenvalue weighted by Gasteiger charge is 2.21. The summed E-state index contributed by atoms with van der Waals surface area (Å²) < 4.78 is 53.5. The zero-order valence-corrected chi connectivity index (χ0v) is 16.5. The Balaban J connectivity index is 2.40. The molecule has 2 aromatic carbocycles. The van der Waals surface area contributed by atoms with Crippen LogP contribution in [0.4, 0.5) is 0 Å². The van der Waals surface area contributed by atoms with Crippen LogP contribution in [0.3, 0.4) is 0 Å². The zero-order chi connectivity index (χ0) is 19.0. The molecule has 0 aliphatic carbocycles. The maximum atomic E-state index is 12.5. The van der Waals surface area contributed by atoms with Crippen molar-refractivity contribution in [1.82, 2.24) is 0 Å². The molecule has 0 N–H and O–H groups in total. The average molecular weight is 383 g/mol. The molecule has 25 heavy (non-hydrogen) atoms. The lowest BCUT2D eigenvalue weighted by Crippen LogP contribution is -2.13. The Morgan fingerprint density at radius 3 is 2.00 bits per heavy atom. The lowest BCUT2D eigenvalue weighted by atomic mass is 9.86. The van der Waals surface area contributed by atoms with Gasteiger partial charge in [-0.25, -0.2) is 8.42 Å². The van der Waals surface area contributed by atoms with Crippen molar-refractivity contribution in [2.75, 3.05) is 6.26 Å². The van der Waals surface area contributed by atoms with Gasteiger partial charge in [-0.1, -0.05) is 39.0 Å². The second kappa shape index (κ2) is 6.46. The number of hydrogen-bond donors (Lipinski definition) is 0. The van der Waals surface area contributed by atoms with Gasteiger partial charge in [0.2, 0.25) is 0 Å². The van der Waals surface area contributed by atoms with E-state index in [9.17, 15) is 16.8 Å². The highest BCUT2D eigenvalue weighted by molar-refractivity contribution is 7.90. The molecular formula is C18H22O5S2. The molecule has 2 aromatic rings. The Kier molecular flexibility index (Phi) is 5.03. The van der Waals surface area contributed by atoms with E-state index in [0.717, 1.165) is 17.9 Å². The van der Waals surface area contributed by atoms with E-state index in [1.165, 1.54) is 18.2 Å². The molecule has 0 spiro atoms. The summed E-state index contributed by atoms with van der Waals surface area (Å²) in [6, 6.07) is 10.5. The highest BCUT2D eigenvalue weighted by atomic mass is 32.2. The Morgan fingerprint density at radius 2 is 1.48 bits per heavy atom. The molecule has 0 unspecified atom stereocenters. The van der Waals surface area contributed by atoms with Gasteiger partial charge in [-0.15, -0.1) is 0 Å². The van der Waals surface area contributed by atoms with Crippen LogP contribution in [0.25, 0.3) is 0 Å². The molecule has 0 heterocycles. The van der Waals surface area contributed by atoms with Gasteiger partial charge in [-0.2, -0.15) is 8.42 Å². The van der Waals surface area contributed by atoms with Crippen LogP contribution in [0.2, 0.25) is 0 Å². The third-order valence-electron chi connectivity index (χ3n) is 3.76. The molecule has 0 aliphatic heterocycles. The standard InChI is InChI=1S/C18H22O5S2/c1-13-11-14(18(2,3)4)9-10-17(13)23-25(21,22)16-8-6-7-15(12-16)24(5,19)20/h6-12H,1-5H3. The van der Waals surface area contributed by atoms with Crippen molar-refractivity contribution in [2.24, 2.45) is 0 Å². The van der Waals surface area contributed by atoms with E-state index in [1.807, 2.05) is 12.1 Å². The molecule has 0 saturated heterocycles. The molecule has 0 radical (unpaired) electrons. The predicted molar refractivity (Wildman–Crippen MR) is 97.2 cm³/mol. The molecule has 7 heteroatoms. The average Bonchev–Trinajstić information content (AvgIpc) is 2.47. The Labute approximate surface area is 149 Å². The fourth-order valence-electron chi connectivity index (χ4n) is 2.24. The minimum Gasteiger partial charge on any atom is -0.379 e. The Morgan fingerprint density at radius 1 is 0.880 bits per heavy atom. The first-order valence-corrected chi connectivity index (χ1v) is 11.0. The van der Waals surface area contributed by atoms with Crippen molar-refractivity contribution >= 4 is 20.0 Å². The van der Waals surface area contributed by atoms with E-state index in [-0.39, 0.29) is 21.0 Å². The first-order chi connectivity index (χ1) is 11.3. The van der Waals surface area contributed by atoms with Gasteiger partial charge in [0.05, 0.1) is 4.90 Å². The summed E-state index contributed by atoms with van der Waals surface area (Å²) in [5.41, 5.74) is 1.69. The van der Waals surface area contributed by atoms with Crippen molar-refractivity contribution in [3.63, 3.8) is 0 Å². The first-order valence-electron chi connectivity index (χ1n) is 7.66. The van der Waals surface area contributed by atoms with Gasteiger partial charge in [0.15, 0.2) is 9.84 Å². The van der Waals surface area contributed by atoms with Crippen molar-refractivity contribution < 1.29 is 21.0 Å². The molecule has 0 bridgehead atoms. The third kappa shape index (κ3) is 4.61. The zero-order valence-electron chi connectivity index (χ0n) is 14.9. The third-order valence-corrected chi connectivity index (χ3v) is 6.10. The van der Waals surface area contributed by atoms with Crippen LogP contribution in [0, 0.1) is 6.92 Å². The molecule has 136 valence electrons. The fraction of sp³-hybridized carbons (Fsp3) is 0.333. The second-order valence-electron chi connectivity index (χ2n) is 7.01. The smallest absolute Gasteiger partial charge is 0.339 e. The molecule has 5 nitrogen and oxygen atoms in total. The van der Waals surface area contributed by atoms with E-state index in [4.69, 9.17) is 4.18 Å². The van der Waals surface area contributed by atoms with Gasteiger partial charge >= 0.3 is 10.1 Å². The van der Waals surface area contributed by atoms with Crippen LogP contribution >= 0.6 is 0 Å². The monoisotopic (exact) mass is 382 g/mol. The normalized spacial score (nSPS) is 12.8. The molecule has 0 fully saturated rings. The summed E-state index contributed by atoms with van der Waals surface area (Å²) in [6.45, 7) is 7.97. The van der Waals surface area contributed by atoms with Gasteiger partial charge in [-0.3, -0.25) is 0 Å². The number of benzene rings is 2. The van der Waals surface area contributed by atoms with Crippen LogP contribution in [-0.4, -0.2) is 23.1 Å². The largest absolute Gasteiger partial charge is 0.379 e. The second-order valence-corrected chi connectivity index (χ2v) is 10.6. The molecule has 0 saturated carbocycles. The van der Waals surface area contributed by atoms with E-state index >= 15 is 0 Å². The van der Waals surface area contributed by atoms with Crippen LogP contribution in [0.1, 0.15) is 31.9 Å². The molecule has 0 atom stereocenters. The highest BCUT2D eigenvalue weighted by Crippen LogP contribution is 2.29. The summed E-state index contributed by atoms with van der Waals surface area (Å²) in [5, 5.41) is 0. The van der Waals surface area contributed by atoms with Crippen molar-refractivity contribution in [3.05, 3.63) is 53.6 Å². The van der Waals surface area contributed by atoms with Gasteiger partial charge in [0.1, 0.15) is 10.6 Å². The lowest BCUT2D eigenvalue weighted by molar-refractivity contribution is 0.483. The fourth-order valence-corrected chi connectivity index (χ4v) is 4.01. The number of sulfone groups is 1. The minimum absolute atomic E-state index is 0.0635. The maximum absolute atomic E-state index is 12.5. The summed E-state index contributed by atoms with van der Waals surface area (Å²) >= 11 is 0. The van der Waals surface area contributed by atoms with E-state index in [1.54, 1.807) is 13.0 Å². The van der Waals surface area contributed by atoms with E-state index in [2.05, 4.69) is 20.8 Å². The SMILES string of the molecule is Cc1cc(C(C)(C)C)ccc1OS(=O)(=O)c1cccc(S(C)(=O)=O)c1. The van der Waals surface area contributed by atoms with Gasteiger partial charge in [-0.05, 0) is 47.7 Å². The number of rotatable bonds is 4. The van der Waals surface area contributed by atoms with Crippen molar-refractivity contribution in [1.29, 1.82) is 0 Å². The summed E-state index contributed by atoms with van der Waals surface area (Å²) in [6.07, 6.45) is 1.02. The molecule has 0 aliphatic rings. The first kappa shape index (κ1) is 19.5. The lowest BCUT2D eigenvalue weighted by Gasteiger charge is -2.20. The van der Waals surface area contributed by atoms with Crippen LogP contribution in [0.15, 0.2) is 52.3 Å². The van der Waals surface area contributed by atoms with Crippen molar-refractivity contribution in [3.8, 4) is 5.75 Å². The van der Waals surface area contributed by atoms with Crippen LogP contribution in [-0.2, 0) is 25.4 Å². The maximum Gasteiger partial charge on any atom is 0.339 e. The Bertz CT molecular complexity index is 998. The van der Waals surface area contributed by atoms with Crippen LogP contribution in [0.5, 0.6) is 5.75 Å². The summed E-state index contributed by atoms with van der Waals surface area (Å²) in [5.74, 6) is 0.220. The number of aryl methyl sites for hydroxylation is 1. The number of hydrogen-bond acceptors (Lipinski definition) is 5. The molecular weight excluding hydrogens is 360 g/mol. The van der Waals surface area contributed by atoms with Crippen LogP contribution < -0.4 is 4.18 Å². The topological polar surface area (TPSA) is 77.5 Å². The predicted octanol–water partition coefficient (Wildman–Crippen LogP) is 3.46. The summed E-state index contributed by atoms with van der Waals surface area (Å²) in [4.78, 5) is -0.272. The van der Waals surface area contributed by atoms with E-state index in [0.29, 0.717) is 5.56 Å². The minimum atomic E-state index is -4.13. The molecule has 2 rings (SSSR count). The van der Waals surface area contributed by atoms with Gasteiger partial charge < -0.3 is 4.18 Å². The quantitative estimate of drug-likeness (QED) is 0.757. The Hall–Kier alpha value is -1.86. The van der Waals surface area contributed by atoms with Crippen molar-refractivity contribution in [2.45, 2.75) is 42.9 Å². The summed E-state index contributed by atoms with van der Waals surface area (Å²) in [7, 11) is -7.64. The van der Waals surface area contributed by atoms with E-state index < -0.39 is 20.0 Å². The molecule has 0 amide bonds. The van der Waals surface area contributed by atoms with Gasteiger partial charge in [0, 0.05) is 6.26 Å². The molecule has 0 aromatic heterocycles. The van der Waals surface area contributed by atoms with Gasteiger partial charge in [0.25, 0.3) is 0 Å².